The van der Waals surface area contributed by atoms with E-state index in [-0.39, 0.29) is 11.9 Å². The van der Waals surface area contributed by atoms with E-state index in [4.69, 9.17) is 4.74 Å². The number of pyridine rings is 1. The number of likely N-dealkylation sites (tertiary alicyclic amines) is 1. The number of H-pyrrole nitrogens is 1. The van der Waals surface area contributed by atoms with Gasteiger partial charge in [-0.3, -0.25) is 9.69 Å². The van der Waals surface area contributed by atoms with Crippen LogP contribution in [0.15, 0.2) is 48.8 Å². The number of carbonyl (C=O) groups is 1. The minimum Gasteiger partial charge on any atom is -0.481 e. The Hall–Kier alpha value is -2.86. The summed E-state index contributed by atoms with van der Waals surface area (Å²) in [6.07, 6.45) is 4.69. The van der Waals surface area contributed by atoms with Gasteiger partial charge in [-0.2, -0.15) is 0 Å². The van der Waals surface area contributed by atoms with Crippen molar-refractivity contribution in [3.8, 4) is 5.88 Å². The summed E-state index contributed by atoms with van der Waals surface area (Å²) in [7, 11) is 1.61. The van der Waals surface area contributed by atoms with Crippen molar-refractivity contribution in [1.29, 1.82) is 0 Å². The van der Waals surface area contributed by atoms with Crippen LogP contribution < -0.4 is 10.1 Å². The summed E-state index contributed by atoms with van der Waals surface area (Å²) in [6.45, 7) is 2.65. The lowest BCUT2D eigenvalue weighted by molar-refractivity contribution is 0.0937. The molecule has 0 aliphatic carbocycles. The van der Waals surface area contributed by atoms with Gasteiger partial charge in [0.2, 0.25) is 5.88 Å². The fourth-order valence-electron chi connectivity index (χ4n) is 3.44. The molecule has 1 atom stereocenters. The Labute approximate surface area is 152 Å². The Morgan fingerprint density at radius 3 is 3.08 bits per heavy atom. The third-order valence-electron chi connectivity index (χ3n) is 4.84. The number of aromatic nitrogens is 2. The van der Waals surface area contributed by atoms with E-state index in [0.29, 0.717) is 11.4 Å². The van der Waals surface area contributed by atoms with Crippen LogP contribution in [-0.4, -0.2) is 47.0 Å². The Morgan fingerprint density at radius 2 is 2.27 bits per heavy atom. The van der Waals surface area contributed by atoms with Crippen LogP contribution in [0.3, 0.4) is 0 Å². The molecule has 0 radical (unpaired) electrons. The van der Waals surface area contributed by atoms with Gasteiger partial charge >= 0.3 is 0 Å². The number of methoxy groups -OCH3 is 1. The van der Waals surface area contributed by atoms with Gasteiger partial charge in [-0.25, -0.2) is 4.98 Å². The number of hydrogen-bond donors (Lipinski definition) is 2. The first kappa shape index (κ1) is 16.6. The summed E-state index contributed by atoms with van der Waals surface area (Å²) >= 11 is 0. The van der Waals surface area contributed by atoms with Gasteiger partial charge in [0, 0.05) is 55.2 Å². The molecule has 0 unspecified atom stereocenters. The van der Waals surface area contributed by atoms with Crippen molar-refractivity contribution < 1.29 is 9.53 Å². The standard InChI is InChI=1S/C20H22N4O2/c1-26-19-5-2-14(11-22-19)12-24-9-7-17(13-24)23-20(25)16-4-3-15-6-8-21-18(15)10-16/h2-6,8,10-11,17,21H,7,9,12-13H2,1H3,(H,23,25)/t17-/m0/s1. The van der Waals surface area contributed by atoms with E-state index < -0.39 is 0 Å². The summed E-state index contributed by atoms with van der Waals surface area (Å²) in [4.78, 5) is 22.3. The first-order chi connectivity index (χ1) is 12.7. The second-order valence-electron chi connectivity index (χ2n) is 6.68. The summed E-state index contributed by atoms with van der Waals surface area (Å²) in [6, 6.07) is 11.8. The number of amides is 1. The molecule has 1 aliphatic heterocycles. The molecule has 0 spiro atoms. The molecule has 0 saturated carbocycles. The van der Waals surface area contributed by atoms with Crippen LogP contribution in [0.2, 0.25) is 0 Å². The number of nitrogens with one attached hydrogen (secondary N) is 2. The van der Waals surface area contributed by atoms with Gasteiger partial charge in [0.05, 0.1) is 7.11 Å². The highest BCUT2D eigenvalue weighted by Crippen LogP contribution is 2.17. The maximum Gasteiger partial charge on any atom is 0.251 e. The third-order valence-corrected chi connectivity index (χ3v) is 4.84. The van der Waals surface area contributed by atoms with Gasteiger partial charge < -0.3 is 15.0 Å². The number of hydrogen-bond acceptors (Lipinski definition) is 4. The molecule has 4 rings (SSSR count). The summed E-state index contributed by atoms with van der Waals surface area (Å²) in [5, 5.41) is 4.27. The fourth-order valence-corrected chi connectivity index (χ4v) is 3.44. The van der Waals surface area contributed by atoms with Crippen LogP contribution in [0.5, 0.6) is 5.88 Å². The average Bonchev–Trinajstić information content (AvgIpc) is 3.31. The largest absolute Gasteiger partial charge is 0.481 e. The molecule has 3 aromatic rings. The van der Waals surface area contributed by atoms with Gasteiger partial charge in [-0.05, 0) is 35.6 Å². The van der Waals surface area contributed by atoms with Crippen molar-refractivity contribution in [3.05, 3.63) is 59.9 Å². The molecule has 6 nitrogen and oxygen atoms in total. The summed E-state index contributed by atoms with van der Waals surface area (Å²) in [5.74, 6) is 0.610. The van der Waals surface area contributed by atoms with Gasteiger partial charge in [0.15, 0.2) is 0 Å². The maximum atomic E-state index is 12.5. The van der Waals surface area contributed by atoms with E-state index in [1.54, 1.807) is 7.11 Å². The van der Waals surface area contributed by atoms with Crippen molar-refractivity contribution in [2.24, 2.45) is 0 Å². The minimum atomic E-state index is -0.0144. The Balaban J connectivity index is 1.33. The van der Waals surface area contributed by atoms with E-state index >= 15 is 0 Å². The Kier molecular flexibility index (Phi) is 4.58. The second kappa shape index (κ2) is 7.17. The van der Waals surface area contributed by atoms with E-state index in [1.807, 2.05) is 48.8 Å². The minimum absolute atomic E-state index is 0.0144. The number of aromatic amines is 1. The molecule has 1 aromatic carbocycles. The lowest BCUT2D eigenvalue weighted by Crippen LogP contribution is -2.37. The van der Waals surface area contributed by atoms with Crippen LogP contribution in [0, 0.1) is 0 Å². The van der Waals surface area contributed by atoms with Crippen LogP contribution in [0.25, 0.3) is 10.9 Å². The first-order valence-corrected chi connectivity index (χ1v) is 8.80. The fraction of sp³-hybridized carbons (Fsp3) is 0.300. The molecule has 2 aromatic heterocycles. The highest BCUT2D eigenvalue weighted by molar-refractivity contribution is 5.98. The highest BCUT2D eigenvalue weighted by atomic mass is 16.5. The Morgan fingerprint density at radius 1 is 1.35 bits per heavy atom. The number of rotatable bonds is 5. The molecule has 6 heteroatoms. The van der Waals surface area contributed by atoms with Crippen LogP contribution >= 0.6 is 0 Å². The maximum absolute atomic E-state index is 12.5. The molecule has 1 saturated heterocycles. The molecule has 1 fully saturated rings. The second-order valence-corrected chi connectivity index (χ2v) is 6.68. The molecule has 3 heterocycles. The van der Waals surface area contributed by atoms with Crippen LogP contribution in [-0.2, 0) is 6.54 Å². The lowest BCUT2D eigenvalue weighted by Gasteiger charge is -2.17. The predicted molar refractivity (Wildman–Crippen MR) is 100 cm³/mol. The molecular formula is C20H22N4O2. The van der Waals surface area contributed by atoms with Crippen molar-refractivity contribution in [2.75, 3.05) is 20.2 Å². The first-order valence-electron chi connectivity index (χ1n) is 8.80. The average molecular weight is 350 g/mol. The monoisotopic (exact) mass is 350 g/mol. The molecule has 1 amide bonds. The number of ether oxygens (including phenoxy) is 1. The summed E-state index contributed by atoms with van der Waals surface area (Å²) < 4.78 is 5.09. The topological polar surface area (TPSA) is 70.2 Å². The predicted octanol–water partition coefficient (Wildman–Crippen LogP) is 2.58. The van der Waals surface area contributed by atoms with Gasteiger partial charge in [0.25, 0.3) is 5.91 Å². The van der Waals surface area contributed by atoms with E-state index in [2.05, 4.69) is 20.2 Å². The van der Waals surface area contributed by atoms with Crippen molar-refractivity contribution in [3.63, 3.8) is 0 Å². The smallest absolute Gasteiger partial charge is 0.251 e. The quantitative estimate of drug-likeness (QED) is 0.742. The van der Waals surface area contributed by atoms with Gasteiger partial charge in [-0.1, -0.05) is 12.1 Å². The normalized spacial score (nSPS) is 17.5. The zero-order chi connectivity index (χ0) is 17.9. The van der Waals surface area contributed by atoms with Crippen molar-refractivity contribution in [2.45, 2.75) is 19.0 Å². The van der Waals surface area contributed by atoms with E-state index in [9.17, 15) is 4.79 Å². The third kappa shape index (κ3) is 3.55. The Bertz CT molecular complexity index is 904. The molecule has 1 aliphatic rings. The van der Waals surface area contributed by atoms with Crippen LogP contribution in [0.4, 0.5) is 0 Å². The van der Waals surface area contributed by atoms with Crippen molar-refractivity contribution in [1.82, 2.24) is 20.2 Å². The zero-order valence-electron chi connectivity index (χ0n) is 14.7. The number of nitrogens with zero attached hydrogens (tertiary/aromatic N) is 2. The zero-order valence-corrected chi connectivity index (χ0v) is 14.7. The van der Waals surface area contributed by atoms with Gasteiger partial charge in [0.1, 0.15) is 0 Å². The number of benzene rings is 1. The number of carbonyl (C=O) groups excluding carboxylic acids is 1. The van der Waals surface area contributed by atoms with Gasteiger partial charge in [-0.15, -0.1) is 0 Å². The molecule has 2 N–H and O–H groups in total. The van der Waals surface area contributed by atoms with Crippen LogP contribution in [0.1, 0.15) is 22.3 Å². The number of fused-ring (bicyclic) bond motifs is 1. The van der Waals surface area contributed by atoms with E-state index in [1.165, 1.54) is 0 Å². The highest BCUT2D eigenvalue weighted by Gasteiger charge is 2.24. The molecular weight excluding hydrogens is 328 g/mol. The lowest BCUT2D eigenvalue weighted by atomic mass is 10.1. The molecule has 26 heavy (non-hydrogen) atoms. The van der Waals surface area contributed by atoms with E-state index in [0.717, 1.165) is 42.5 Å². The molecule has 134 valence electrons. The van der Waals surface area contributed by atoms with Crippen molar-refractivity contribution >= 4 is 16.8 Å². The molecule has 0 bridgehead atoms. The SMILES string of the molecule is COc1ccc(CN2CC[C@H](NC(=O)c3ccc4cc[nH]c4c3)C2)cn1. The summed E-state index contributed by atoms with van der Waals surface area (Å²) in [5.41, 5.74) is 2.82.